The van der Waals surface area contributed by atoms with Crippen molar-refractivity contribution in [2.24, 2.45) is 0 Å². The minimum Gasteiger partial charge on any atom is -0.309 e. The Labute approximate surface area is 164 Å². The van der Waals surface area contributed by atoms with E-state index in [0.717, 1.165) is 0 Å². The zero-order chi connectivity index (χ0) is 18.5. The first-order valence-electron chi connectivity index (χ1n) is 9.76. The Bertz CT molecular complexity index is 1280. The maximum Gasteiger partial charge on any atom is 0.0541 e. The van der Waals surface area contributed by atoms with Gasteiger partial charge < -0.3 is 4.57 Å². The number of rotatable bonds is 3. The van der Waals surface area contributed by atoms with E-state index in [1.165, 1.54) is 44.2 Å². The van der Waals surface area contributed by atoms with Gasteiger partial charge in [-0.15, -0.1) is 0 Å². The van der Waals surface area contributed by atoms with E-state index < -0.39 is 0 Å². The molecule has 1 aliphatic rings. The molecule has 0 aliphatic heterocycles. The number of benzene rings is 4. The highest BCUT2D eigenvalue weighted by molar-refractivity contribution is 6.09. The highest BCUT2D eigenvalue weighted by Crippen LogP contribution is 2.46. The molecule has 1 aromatic heterocycles. The van der Waals surface area contributed by atoms with Gasteiger partial charge in [-0.05, 0) is 41.0 Å². The summed E-state index contributed by atoms with van der Waals surface area (Å²) in [5, 5.41) is 2.60. The number of hydrogen-bond donors (Lipinski definition) is 0. The van der Waals surface area contributed by atoms with E-state index in [2.05, 4.69) is 114 Å². The average molecular weight is 357 g/mol. The van der Waals surface area contributed by atoms with Crippen molar-refractivity contribution in [2.75, 3.05) is 0 Å². The fourth-order valence-corrected chi connectivity index (χ4v) is 4.35. The van der Waals surface area contributed by atoms with E-state index in [9.17, 15) is 0 Å². The molecular formula is C27H19N. The number of nitrogens with zero attached hydrogens (tertiary/aromatic N) is 1. The molecule has 6 rings (SSSR count). The Morgan fingerprint density at radius 2 is 1.11 bits per heavy atom. The number of aromatic nitrogens is 1. The Morgan fingerprint density at radius 3 is 1.75 bits per heavy atom. The molecule has 0 spiro atoms. The van der Waals surface area contributed by atoms with Gasteiger partial charge >= 0.3 is 0 Å². The molecule has 4 aromatic carbocycles. The number of para-hydroxylation sites is 2. The van der Waals surface area contributed by atoms with E-state index in [-0.39, 0.29) is 0 Å². The number of hydrogen-bond acceptors (Lipinski definition) is 0. The molecule has 1 heterocycles. The van der Waals surface area contributed by atoms with E-state index in [1.807, 2.05) is 0 Å². The van der Waals surface area contributed by atoms with E-state index in [4.69, 9.17) is 0 Å². The predicted octanol–water partition coefficient (Wildman–Crippen LogP) is 6.96. The molecule has 0 radical (unpaired) electrons. The standard InChI is InChI=1S/C27H19N/c1-2-8-19(9-3-1)24-18-25(24)20-14-16-21(17-15-20)28-26-12-6-4-10-22(26)23-11-5-7-13-27(23)28/h1-18,24H. The van der Waals surface area contributed by atoms with Crippen LogP contribution in [0.1, 0.15) is 17.0 Å². The van der Waals surface area contributed by atoms with Crippen LogP contribution in [0, 0.1) is 0 Å². The Hall–Kier alpha value is -3.58. The molecule has 5 aromatic rings. The van der Waals surface area contributed by atoms with E-state index in [1.54, 1.807) is 0 Å². The van der Waals surface area contributed by atoms with Crippen LogP contribution >= 0.6 is 0 Å². The van der Waals surface area contributed by atoms with Gasteiger partial charge in [0.2, 0.25) is 0 Å². The molecule has 0 bridgehead atoms. The van der Waals surface area contributed by atoms with Crippen molar-refractivity contribution in [1.29, 1.82) is 0 Å². The van der Waals surface area contributed by atoms with Gasteiger partial charge in [-0.25, -0.2) is 0 Å². The molecule has 0 fully saturated rings. The van der Waals surface area contributed by atoms with Gasteiger partial charge in [0, 0.05) is 22.4 Å². The second-order valence-electron chi connectivity index (χ2n) is 7.43. The van der Waals surface area contributed by atoms with Gasteiger partial charge in [-0.3, -0.25) is 0 Å². The lowest BCUT2D eigenvalue weighted by atomic mass is 10.0. The highest BCUT2D eigenvalue weighted by atomic mass is 15.0. The maximum atomic E-state index is 2.37. The maximum absolute atomic E-state index is 2.37. The van der Waals surface area contributed by atoms with Crippen LogP contribution in [-0.2, 0) is 0 Å². The van der Waals surface area contributed by atoms with Gasteiger partial charge in [-0.2, -0.15) is 0 Å². The molecular weight excluding hydrogens is 338 g/mol. The summed E-state index contributed by atoms with van der Waals surface area (Å²) in [4.78, 5) is 0. The zero-order valence-electron chi connectivity index (χ0n) is 15.4. The van der Waals surface area contributed by atoms with Crippen LogP contribution in [0.25, 0.3) is 33.1 Å². The minimum absolute atomic E-state index is 0.472. The third-order valence-corrected chi connectivity index (χ3v) is 5.77. The Morgan fingerprint density at radius 1 is 0.536 bits per heavy atom. The monoisotopic (exact) mass is 357 g/mol. The van der Waals surface area contributed by atoms with Crippen LogP contribution < -0.4 is 0 Å². The zero-order valence-corrected chi connectivity index (χ0v) is 15.4. The summed E-state index contributed by atoms with van der Waals surface area (Å²) in [6.45, 7) is 0. The third-order valence-electron chi connectivity index (χ3n) is 5.77. The molecule has 0 saturated heterocycles. The normalized spacial score (nSPS) is 15.7. The molecule has 0 saturated carbocycles. The van der Waals surface area contributed by atoms with Gasteiger partial charge in [0.05, 0.1) is 11.0 Å². The summed E-state index contributed by atoms with van der Waals surface area (Å²) in [6, 6.07) is 37.0. The molecule has 0 amide bonds. The highest BCUT2D eigenvalue weighted by Gasteiger charge is 2.27. The lowest BCUT2D eigenvalue weighted by Crippen LogP contribution is -1.93. The van der Waals surface area contributed by atoms with Crippen LogP contribution in [0.5, 0.6) is 0 Å². The fraction of sp³-hybridized carbons (Fsp3) is 0.0370. The van der Waals surface area contributed by atoms with E-state index in [0.29, 0.717) is 5.92 Å². The molecule has 0 N–H and O–H groups in total. The average Bonchev–Trinajstić information content (AvgIpc) is 3.50. The Balaban J connectivity index is 1.41. The topological polar surface area (TPSA) is 4.93 Å². The first-order chi connectivity index (χ1) is 13.9. The second kappa shape index (κ2) is 5.97. The molecule has 1 aliphatic carbocycles. The summed E-state index contributed by atoms with van der Waals surface area (Å²) in [5.41, 5.74) is 7.84. The lowest BCUT2D eigenvalue weighted by molar-refractivity contribution is 1.18. The van der Waals surface area contributed by atoms with Gasteiger partial charge in [0.15, 0.2) is 0 Å². The smallest absolute Gasteiger partial charge is 0.0541 e. The number of fused-ring (bicyclic) bond motifs is 3. The van der Waals surface area contributed by atoms with Crippen molar-refractivity contribution in [1.82, 2.24) is 4.57 Å². The SMILES string of the molecule is C1=C(c2ccc(-n3c4ccccc4c4ccccc43)cc2)C1c1ccccc1. The van der Waals surface area contributed by atoms with Crippen molar-refractivity contribution >= 4 is 27.4 Å². The molecule has 132 valence electrons. The quantitative estimate of drug-likeness (QED) is 0.329. The van der Waals surface area contributed by atoms with Crippen molar-refractivity contribution in [2.45, 2.75) is 5.92 Å². The lowest BCUT2D eigenvalue weighted by Gasteiger charge is -2.09. The largest absolute Gasteiger partial charge is 0.309 e. The van der Waals surface area contributed by atoms with Crippen molar-refractivity contribution in [3.05, 3.63) is 120 Å². The Kier molecular flexibility index (Phi) is 3.30. The third kappa shape index (κ3) is 2.33. The van der Waals surface area contributed by atoms with E-state index >= 15 is 0 Å². The van der Waals surface area contributed by atoms with Gasteiger partial charge in [0.25, 0.3) is 0 Å². The van der Waals surface area contributed by atoms with Crippen molar-refractivity contribution < 1.29 is 0 Å². The fourth-order valence-electron chi connectivity index (χ4n) is 4.35. The van der Waals surface area contributed by atoms with Gasteiger partial charge in [-0.1, -0.05) is 84.9 Å². The van der Waals surface area contributed by atoms with Crippen LogP contribution in [0.4, 0.5) is 0 Å². The summed E-state index contributed by atoms with van der Waals surface area (Å²) in [5.74, 6) is 0.472. The first kappa shape index (κ1) is 15.5. The summed E-state index contributed by atoms with van der Waals surface area (Å²) >= 11 is 0. The van der Waals surface area contributed by atoms with Crippen molar-refractivity contribution in [3.8, 4) is 5.69 Å². The predicted molar refractivity (Wildman–Crippen MR) is 118 cm³/mol. The van der Waals surface area contributed by atoms with Crippen LogP contribution in [0.2, 0.25) is 0 Å². The molecule has 1 atom stereocenters. The van der Waals surface area contributed by atoms with Crippen LogP contribution in [0.3, 0.4) is 0 Å². The van der Waals surface area contributed by atoms with Gasteiger partial charge in [0.1, 0.15) is 0 Å². The minimum atomic E-state index is 0.472. The first-order valence-corrected chi connectivity index (χ1v) is 9.76. The number of allylic oxidation sites excluding steroid dienone is 2. The summed E-state index contributed by atoms with van der Waals surface area (Å²) in [6.07, 6.45) is 2.35. The summed E-state index contributed by atoms with van der Waals surface area (Å²) < 4.78 is 2.37. The second-order valence-corrected chi connectivity index (χ2v) is 7.43. The molecule has 1 nitrogen and oxygen atoms in total. The summed E-state index contributed by atoms with van der Waals surface area (Å²) in [7, 11) is 0. The van der Waals surface area contributed by atoms with Crippen LogP contribution in [0.15, 0.2) is 109 Å². The molecule has 28 heavy (non-hydrogen) atoms. The molecule has 1 heteroatoms. The van der Waals surface area contributed by atoms with Crippen LogP contribution in [-0.4, -0.2) is 4.57 Å². The van der Waals surface area contributed by atoms with Crippen molar-refractivity contribution in [3.63, 3.8) is 0 Å². The molecule has 1 unspecified atom stereocenters.